The topological polar surface area (TPSA) is 81.2 Å². The van der Waals surface area contributed by atoms with E-state index in [2.05, 4.69) is 14.7 Å². The Kier molecular flexibility index (Phi) is 4.52. The summed E-state index contributed by atoms with van der Waals surface area (Å²) >= 11 is 6.00. The Labute approximate surface area is 139 Å². The predicted octanol–water partition coefficient (Wildman–Crippen LogP) is 2.85. The molecule has 122 valence electrons. The van der Waals surface area contributed by atoms with Crippen molar-refractivity contribution in [1.82, 2.24) is 14.7 Å². The second-order valence-electron chi connectivity index (χ2n) is 5.37. The zero-order chi connectivity index (χ0) is 16.4. The zero-order valence-corrected chi connectivity index (χ0v) is 14.1. The van der Waals surface area contributed by atoms with Crippen LogP contribution in [0.3, 0.4) is 0 Å². The lowest BCUT2D eigenvalue weighted by Gasteiger charge is -2.08. The van der Waals surface area contributed by atoms with E-state index in [0.29, 0.717) is 34.1 Å². The smallest absolute Gasteiger partial charge is 0.224 e. The van der Waals surface area contributed by atoms with Crippen LogP contribution in [0, 0.1) is 0 Å². The van der Waals surface area contributed by atoms with Crippen LogP contribution < -0.4 is 9.46 Å². The van der Waals surface area contributed by atoms with E-state index in [9.17, 15) is 8.42 Å². The second kappa shape index (κ2) is 6.43. The third kappa shape index (κ3) is 4.40. The number of hydrogen-bond acceptors (Lipinski definition) is 5. The Bertz CT molecular complexity index is 805. The van der Waals surface area contributed by atoms with Crippen LogP contribution in [-0.4, -0.2) is 25.4 Å². The summed E-state index contributed by atoms with van der Waals surface area (Å²) in [4.78, 5) is 8.56. The molecule has 0 radical (unpaired) electrons. The van der Waals surface area contributed by atoms with Crippen molar-refractivity contribution in [3.8, 4) is 11.6 Å². The van der Waals surface area contributed by atoms with Crippen LogP contribution in [0.25, 0.3) is 0 Å². The monoisotopic (exact) mass is 353 g/mol. The number of nitrogens with one attached hydrogen (secondary N) is 1. The van der Waals surface area contributed by atoms with Crippen molar-refractivity contribution in [2.45, 2.75) is 24.5 Å². The van der Waals surface area contributed by atoms with Crippen LogP contribution in [-0.2, 0) is 15.8 Å². The molecule has 23 heavy (non-hydrogen) atoms. The first-order chi connectivity index (χ1) is 10.9. The minimum atomic E-state index is -3.29. The lowest BCUT2D eigenvalue weighted by Crippen LogP contribution is -2.20. The van der Waals surface area contributed by atoms with Crippen LogP contribution in [0.1, 0.15) is 30.1 Å². The Hall–Kier alpha value is -1.70. The molecule has 0 saturated heterocycles. The second-order valence-corrected chi connectivity index (χ2v) is 7.68. The standard InChI is InChI=1S/C15H16ClN3O3S/c1-17-23(20,21)9-10-2-6-12(7-3-10)22-14-8-13(16)18-15(19-14)11-4-5-11/h2-3,6-8,11,17H,4-5,9H2,1H3. The molecule has 1 heterocycles. The van der Waals surface area contributed by atoms with E-state index in [-0.39, 0.29) is 5.75 Å². The van der Waals surface area contributed by atoms with Gasteiger partial charge in [0.1, 0.15) is 16.7 Å². The fourth-order valence-electron chi connectivity index (χ4n) is 2.06. The van der Waals surface area contributed by atoms with E-state index in [1.54, 1.807) is 30.3 Å². The fraction of sp³-hybridized carbons (Fsp3) is 0.333. The van der Waals surface area contributed by atoms with E-state index >= 15 is 0 Å². The van der Waals surface area contributed by atoms with Crippen molar-refractivity contribution in [3.63, 3.8) is 0 Å². The van der Waals surface area contributed by atoms with Gasteiger partial charge in [-0.25, -0.2) is 18.1 Å². The first-order valence-corrected chi connectivity index (χ1v) is 9.21. The van der Waals surface area contributed by atoms with Gasteiger partial charge in [0.25, 0.3) is 0 Å². The number of ether oxygens (including phenoxy) is 1. The molecule has 1 aromatic carbocycles. The maximum absolute atomic E-state index is 11.5. The van der Waals surface area contributed by atoms with E-state index in [1.165, 1.54) is 7.05 Å². The summed E-state index contributed by atoms with van der Waals surface area (Å²) in [7, 11) is -1.90. The number of benzene rings is 1. The number of halogens is 1. The normalized spacial score (nSPS) is 14.7. The van der Waals surface area contributed by atoms with Gasteiger partial charge in [0, 0.05) is 12.0 Å². The number of rotatable bonds is 6. The Morgan fingerprint density at radius 2 is 1.96 bits per heavy atom. The summed E-state index contributed by atoms with van der Waals surface area (Å²) in [6.45, 7) is 0. The first-order valence-electron chi connectivity index (χ1n) is 7.18. The molecule has 0 bridgehead atoms. The molecule has 1 fully saturated rings. The Morgan fingerprint density at radius 1 is 1.26 bits per heavy atom. The van der Waals surface area contributed by atoms with Crippen molar-refractivity contribution in [2.75, 3.05) is 7.05 Å². The number of nitrogens with zero attached hydrogens (tertiary/aromatic N) is 2. The summed E-state index contributed by atoms with van der Waals surface area (Å²) in [6, 6.07) is 8.37. The molecule has 8 heteroatoms. The largest absolute Gasteiger partial charge is 0.439 e. The molecule has 1 aliphatic carbocycles. The van der Waals surface area contributed by atoms with Gasteiger partial charge in [0.2, 0.25) is 15.9 Å². The molecule has 0 spiro atoms. The Morgan fingerprint density at radius 3 is 2.57 bits per heavy atom. The molecule has 3 rings (SSSR count). The van der Waals surface area contributed by atoms with Crippen LogP contribution in [0.2, 0.25) is 5.15 Å². The van der Waals surface area contributed by atoms with Crippen LogP contribution in [0.4, 0.5) is 0 Å². The highest BCUT2D eigenvalue weighted by Crippen LogP contribution is 2.39. The number of hydrogen-bond donors (Lipinski definition) is 1. The van der Waals surface area contributed by atoms with Gasteiger partial charge in [0.05, 0.1) is 5.75 Å². The number of aromatic nitrogens is 2. The molecular formula is C15H16ClN3O3S. The van der Waals surface area contributed by atoms with Gasteiger partial charge in [-0.1, -0.05) is 23.7 Å². The fourth-order valence-corrected chi connectivity index (χ4v) is 3.01. The van der Waals surface area contributed by atoms with Crippen molar-refractivity contribution in [3.05, 3.63) is 46.9 Å². The van der Waals surface area contributed by atoms with E-state index < -0.39 is 10.0 Å². The van der Waals surface area contributed by atoms with Crippen molar-refractivity contribution in [2.24, 2.45) is 0 Å². The third-order valence-electron chi connectivity index (χ3n) is 3.44. The van der Waals surface area contributed by atoms with E-state index in [1.807, 2.05) is 0 Å². The average Bonchev–Trinajstić information content (AvgIpc) is 3.33. The van der Waals surface area contributed by atoms with Gasteiger partial charge in [-0.15, -0.1) is 0 Å². The highest BCUT2D eigenvalue weighted by atomic mass is 35.5. The van der Waals surface area contributed by atoms with Crippen LogP contribution >= 0.6 is 11.6 Å². The Balaban J connectivity index is 1.73. The maximum atomic E-state index is 11.5. The quantitative estimate of drug-likeness (QED) is 0.807. The molecule has 0 aliphatic heterocycles. The first kappa shape index (κ1) is 16.2. The van der Waals surface area contributed by atoms with Gasteiger partial charge in [-0.05, 0) is 37.6 Å². The average molecular weight is 354 g/mol. The molecule has 1 N–H and O–H groups in total. The molecule has 6 nitrogen and oxygen atoms in total. The molecule has 1 aromatic heterocycles. The van der Waals surface area contributed by atoms with Gasteiger partial charge in [-0.3, -0.25) is 0 Å². The molecule has 1 aliphatic rings. The van der Waals surface area contributed by atoms with Gasteiger partial charge >= 0.3 is 0 Å². The molecule has 2 aromatic rings. The molecule has 0 atom stereocenters. The maximum Gasteiger partial charge on any atom is 0.224 e. The molecule has 0 amide bonds. The minimum absolute atomic E-state index is 0.0745. The highest BCUT2D eigenvalue weighted by Gasteiger charge is 2.27. The van der Waals surface area contributed by atoms with E-state index in [0.717, 1.165) is 12.8 Å². The summed E-state index contributed by atoms with van der Waals surface area (Å²) in [5.41, 5.74) is 0.672. The van der Waals surface area contributed by atoms with Crippen LogP contribution in [0.5, 0.6) is 11.6 Å². The third-order valence-corrected chi connectivity index (χ3v) is 4.97. The molecule has 1 saturated carbocycles. The molecule has 0 unspecified atom stereocenters. The lowest BCUT2D eigenvalue weighted by molar-refractivity contribution is 0.458. The molecular weight excluding hydrogens is 338 g/mol. The van der Waals surface area contributed by atoms with Crippen molar-refractivity contribution < 1.29 is 13.2 Å². The summed E-state index contributed by atoms with van der Waals surface area (Å²) in [6.07, 6.45) is 2.16. The van der Waals surface area contributed by atoms with Gasteiger partial charge in [-0.2, -0.15) is 4.98 Å². The zero-order valence-electron chi connectivity index (χ0n) is 12.5. The number of sulfonamides is 1. The van der Waals surface area contributed by atoms with Crippen molar-refractivity contribution >= 4 is 21.6 Å². The minimum Gasteiger partial charge on any atom is -0.439 e. The van der Waals surface area contributed by atoms with E-state index in [4.69, 9.17) is 16.3 Å². The SMILES string of the molecule is CNS(=O)(=O)Cc1ccc(Oc2cc(Cl)nc(C3CC3)n2)cc1. The predicted molar refractivity (Wildman–Crippen MR) is 87.2 cm³/mol. The van der Waals surface area contributed by atoms with Crippen LogP contribution in [0.15, 0.2) is 30.3 Å². The van der Waals surface area contributed by atoms with Crippen molar-refractivity contribution in [1.29, 1.82) is 0 Å². The van der Waals surface area contributed by atoms with Gasteiger partial charge in [0.15, 0.2) is 0 Å². The van der Waals surface area contributed by atoms with Gasteiger partial charge < -0.3 is 4.74 Å². The summed E-state index contributed by atoms with van der Waals surface area (Å²) in [5.74, 6) is 1.97. The summed E-state index contributed by atoms with van der Waals surface area (Å²) in [5, 5.41) is 0.355. The summed E-state index contributed by atoms with van der Waals surface area (Å²) < 4.78 is 31.0. The highest BCUT2D eigenvalue weighted by molar-refractivity contribution is 7.88. The lowest BCUT2D eigenvalue weighted by atomic mass is 10.2.